The van der Waals surface area contributed by atoms with Gasteiger partial charge in [-0.05, 0) is 23.3 Å². The van der Waals surface area contributed by atoms with E-state index in [4.69, 9.17) is 4.52 Å². The molecular formula is C23H22N4O3. The largest absolute Gasteiger partial charge is 0.359 e. The van der Waals surface area contributed by atoms with E-state index in [0.29, 0.717) is 17.1 Å². The molecule has 0 radical (unpaired) electrons. The molecule has 0 spiro atoms. The van der Waals surface area contributed by atoms with Crippen LogP contribution in [-0.4, -0.2) is 21.0 Å². The second kappa shape index (κ2) is 7.59. The Morgan fingerprint density at radius 3 is 2.53 bits per heavy atom. The second-order valence-electron chi connectivity index (χ2n) is 8.23. The third kappa shape index (κ3) is 4.30. The number of H-pyrrole nitrogens is 1. The number of nitrogens with zero attached hydrogens (tertiary/aromatic N) is 2. The number of benzene rings is 1. The minimum Gasteiger partial charge on any atom is -0.359 e. The lowest BCUT2D eigenvalue weighted by Gasteiger charge is -2.12. The molecule has 30 heavy (non-hydrogen) atoms. The number of hydrogen-bond acceptors (Lipinski definition) is 5. The van der Waals surface area contributed by atoms with Gasteiger partial charge in [0.2, 0.25) is 11.5 Å². The maximum Gasteiger partial charge on any atom is 0.248 e. The Hall–Kier alpha value is -3.74. The molecule has 0 fully saturated rings. The van der Waals surface area contributed by atoms with Gasteiger partial charge in [0, 0.05) is 29.3 Å². The van der Waals surface area contributed by atoms with Crippen molar-refractivity contribution in [1.82, 2.24) is 15.1 Å². The first-order valence-corrected chi connectivity index (χ1v) is 9.63. The van der Waals surface area contributed by atoms with Crippen molar-refractivity contribution in [2.75, 3.05) is 5.32 Å². The van der Waals surface area contributed by atoms with Gasteiger partial charge in [0.25, 0.3) is 0 Å². The van der Waals surface area contributed by atoms with E-state index in [1.54, 1.807) is 18.3 Å². The number of hydrogen-bond donors (Lipinski definition) is 2. The van der Waals surface area contributed by atoms with E-state index in [9.17, 15) is 9.59 Å². The van der Waals surface area contributed by atoms with Crippen LogP contribution in [0.25, 0.3) is 22.2 Å². The van der Waals surface area contributed by atoms with E-state index in [1.807, 2.05) is 51.1 Å². The van der Waals surface area contributed by atoms with Gasteiger partial charge in [-0.25, -0.2) is 0 Å². The molecule has 0 atom stereocenters. The van der Waals surface area contributed by atoms with Crippen LogP contribution in [0.2, 0.25) is 0 Å². The summed E-state index contributed by atoms with van der Waals surface area (Å²) in [6.07, 6.45) is 1.99. The molecule has 0 bridgehead atoms. The van der Waals surface area contributed by atoms with Gasteiger partial charge in [-0.3, -0.25) is 14.6 Å². The second-order valence-corrected chi connectivity index (χ2v) is 8.23. The van der Waals surface area contributed by atoms with E-state index in [2.05, 4.69) is 20.4 Å². The lowest BCUT2D eigenvalue weighted by molar-refractivity contribution is -0.115. The Bertz CT molecular complexity index is 1260. The monoisotopic (exact) mass is 402 g/mol. The van der Waals surface area contributed by atoms with E-state index in [0.717, 1.165) is 22.2 Å². The summed E-state index contributed by atoms with van der Waals surface area (Å²) >= 11 is 0. The third-order valence-electron chi connectivity index (χ3n) is 4.74. The standard InChI is InChI=1S/C23H22N4O3/c1-23(2,3)19-12-20(27-30-19)26-22(29)10-14-4-6-15(7-5-14)16-11-18-17(24-13-16)8-9-21(28)25-18/h4-9,11-13H,10H2,1-3H3,(H,25,28)(H,26,27,29). The third-order valence-corrected chi connectivity index (χ3v) is 4.74. The van der Waals surface area contributed by atoms with Crippen molar-refractivity contribution >= 4 is 22.8 Å². The highest BCUT2D eigenvalue weighted by molar-refractivity contribution is 5.91. The Labute approximate surface area is 173 Å². The summed E-state index contributed by atoms with van der Waals surface area (Å²) in [5.41, 5.74) is 3.79. The smallest absolute Gasteiger partial charge is 0.248 e. The highest BCUT2D eigenvalue weighted by atomic mass is 16.5. The zero-order valence-corrected chi connectivity index (χ0v) is 17.0. The van der Waals surface area contributed by atoms with Crippen molar-refractivity contribution in [1.29, 1.82) is 0 Å². The number of aromatic amines is 1. The van der Waals surface area contributed by atoms with Gasteiger partial charge in [-0.2, -0.15) is 0 Å². The summed E-state index contributed by atoms with van der Waals surface area (Å²) in [4.78, 5) is 31.0. The van der Waals surface area contributed by atoms with Gasteiger partial charge in [0.1, 0.15) is 5.76 Å². The quantitative estimate of drug-likeness (QED) is 0.536. The van der Waals surface area contributed by atoms with Crippen molar-refractivity contribution in [3.63, 3.8) is 0 Å². The fourth-order valence-corrected chi connectivity index (χ4v) is 3.07. The number of aromatic nitrogens is 3. The first-order chi connectivity index (χ1) is 14.3. The highest BCUT2D eigenvalue weighted by Gasteiger charge is 2.20. The molecule has 4 rings (SSSR count). The van der Waals surface area contributed by atoms with E-state index in [1.165, 1.54) is 6.07 Å². The zero-order valence-electron chi connectivity index (χ0n) is 17.0. The molecule has 0 aliphatic carbocycles. The predicted molar refractivity (Wildman–Crippen MR) is 115 cm³/mol. The van der Waals surface area contributed by atoms with Gasteiger partial charge < -0.3 is 14.8 Å². The Balaban J connectivity index is 1.45. The number of carbonyl (C=O) groups excluding carboxylic acids is 1. The fourth-order valence-electron chi connectivity index (χ4n) is 3.07. The molecule has 0 saturated carbocycles. The molecule has 2 N–H and O–H groups in total. The Kier molecular flexibility index (Phi) is 4.95. The van der Waals surface area contributed by atoms with Crippen LogP contribution in [0, 0.1) is 0 Å². The molecule has 4 aromatic rings. The minimum absolute atomic E-state index is 0.162. The molecule has 1 aromatic carbocycles. The molecule has 1 amide bonds. The predicted octanol–water partition coefficient (Wildman–Crippen LogP) is 4.06. The first kappa shape index (κ1) is 19.6. The average Bonchev–Trinajstić information content (AvgIpc) is 3.17. The SMILES string of the molecule is CC(C)(C)c1cc(NC(=O)Cc2ccc(-c3cnc4ccc(=O)[nH]c4c3)cc2)no1. The number of carbonyl (C=O) groups is 1. The molecule has 3 aromatic heterocycles. The summed E-state index contributed by atoms with van der Waals surface area (Å²) in [7, 11) is 0. The lowest BCUT2D eigenvalue weighted by atomic mass is 9.93. The summed E-state index contributed by atoms with van der Waals surface area (Å²) in [5, 5.41) is 6.68. The summed E-state index contributed by atoms with van der Waals surface area (Å²) in [6, 6.07) is 14.4. The average molecular weight is 402 g/mol. The maximum atomic E-state index is 12.3. The normalized spacial score (nSPS) is 11.6. The minimum atomic E-state index is -0.170. The molecule has 152 valence electrons. The summed E-state index contributed by atoms with van der Waals surface area (Å²) < 4.78 is 5.29. The van der Waals surface area contributed by atoms with Gasteiger partial charge in [-0.1, -0.05) is 50.2 Å². The molecule has 0 aliphatic rings. The Morgan fingerprint density at radius 2 is 1.83 bits per heavy atom. The number of amides is 1. The van der Waals surface area contributed by atoms with Crippen molar-refractivity contribution in [2.45, 2.75) is 32.6 Å². The van der Waals surface area contributed by atoms with Crippen LogP contribution < -0.4 is 10.9 Å². The number of anilines is 1. The van der Waals surface area contributed by atoms with Gasteiger partial charge in [-0.15, -0.1) is 0 Å². The number of fused-ring (bicyclic) bond motifs is 1. The topological polar surface area (TPSA) is 101 Å². The molecule has 0 unspecified atom stereocenters. The van der Waals surface area contributed by atoms with Crippen LogP contribution in [0.5, 0.6) is 0 Å². The molecule has 3 heterocycles. The highest BCUT2D eigenvalue weighted by Crippen LogP contribution is 2.25. The van der Waals surface area contributed by atoms with Crippen LogP contribution >= 0.6 is 0 Å². The summed E-state index contributed by atoms with van der Waals surface area (Å²) in [5.74, 6) is 0.965. The van der Waals surface area contributed by atoms with E-state index >= 15 is 0 Å². The molecule has 7 heteroatoms. The maximum absolute atomic E-state index is 12.3. The Morgan fingerprint density at radius 1 is 1.07 bits per heavy atom. The summed E-state index contributed by atoms with van der Waals surface area (Å²) in [6.45, 7) is 6.05. The van der Waals surface area contributed by atoms with E-state index in [-0.39, 0.29) is 23.3 Å². The van der Waals surface area contributed by atoms with Gasteiger partial charge in [0.05, 0.1) is 17.5 Å². The van der Waals surface area contributed by atoms with Gasteiger partial charge >= 0.3 is 0 Å². The number of rotatable bonds is 4. The van der Waals surface area contributed by atoms with Crippen LogP contribution in [0.15, 0.2) is 64.0 Å². The lowest BCUT2D eigenvalue weighted by Crippen LogP contribution is -2.14. The number of pyridine rings is 2. The van der Waals surface area contributed by atoms with Crippen molar-refractivity contribution in [3.8, 4) is 11.1 Å². The van der Waals surface area contributed by atoms with Crippen LogP contribution in [-0.2, 0) is 16.6 Å². The van der Waals surface area contributed by atoms with Crippen molar-refractivity contribution in [3.05, 3.63) is 76.4 Å². The first-order valence-electron chi connectivity index (χ1n) is 9.63. The molecular weight excluding hydrogens is 380 g/mol. The van der Waals surface area contributed by atoms with Crippen LogP contribution in [0.3, 0.4) is 0 Å². The molecule has 7 nitrogen and oxygen atoms in total. The van der Waals surface area contributed by atoms with Crippen LogP contribution in [0.4, 0.5) is 5.82 Å². The van der Waals surface area contributed by atoms with Crippen molar-refractivity contribution < 1.29 is 9.32 Å². The van der Waals surface area contributed by atoms with Crippen molar-refractivity contribution in [2.24, 2.45) is 0 Å². The number of nitrogens with one attached hydrogen (secondary N) is 2. The van der Waals surface area contributed by atoms with Gasteiger partial charge in [0.15, 0.2) is 5.82 Å². The van der Waals surface area contributed by atoms with Crippen LogP contribution in [0.1, 0.15) is 32.1 Å². The fraction of sp³-hybridized carbons (Fsp3) is 0.217. The zero-order chi connectivity index (χ0) is 21.3. The molecule has 0 saturated heterocycles. The molecule has 0 aliphatic heterocycles. The van der Waals surface area contributed by atoms with E-state index < -0.39 is 0 Å².